The summed E-state index contributed by atoms with van der Waals surface area (Å²) in [5.41, 5.74) is 0.434. The summed E-state index contributed by atoms with van der Waals surface area (Å²) < 4.78 is 5.46. The molecule has 6 nitrogen and oxygen atoms in total. The van der Waals surface area contributed by atoms with E-state index in [1.807, 2.05) is 13.0 Å². The molecule has 0 saturated carbocycles. The number of nitriles is 1. The van der Waals surface area contributed by atoms with Crippen LogP contribution >= 0.6 is 11.6 Å². The number of nitrogens with one attached hydrogen (secondary N) is 1. The number of Topliss-reactive ketones (excluding diaryl/α,β-unsaturated/α-hetero) is 1. The predicted molar refractivity (Wildman–Crippen MR) is 77.9 cm³/mol. The number of hydrogen-bond acceptors (Lipinski definition) is 6. The second kappa shape index (κ2) is 5.94. The van der Waals surface area contributed by atoms with Gasteiger partial charge in [0.1, 0.15) is 34.2 Å². The Labute approximate surface area is 126 Å². The molecule has 0 aromatic carbocycles. The van der Waals surface area contributed by atoms with Crippen LogP contribution in [-0.2, 0) is 6.42 Å². The molecule has 0 atom stereocenters. The normalized spacial score (nSPS) is 10.2. The number of anilines is 2. The molecule has 0 bridgehead atoms. The van der Waals surface area contributed by atoms with E-state index in [9.17, 15) is 10.1 Å². The van der Waals surface area contributed by atoms with Gasteiger partial charge in [0, 0.05) is 12.5 Å². The number of carbonyl (C=O) groups excluding carboxylic acids is 1. The van der Waals surface area contributed by atoms with Gasteiger partial charge in [-0.05, 0) is 13.8 Å². The zero-order valence-corrected chi connectivity index (χ0v) is 12.6. The minimum absolute atomic E-state index is 0.160. The van der Waals surface area contributed by atoms with Crippen molar-refractivity contribution in [3.8, 4) is 6.07 Å². The lowest BCUT2D eigenvalue weighted by Crippen LogP contribution is -2.01. The van der Waals surface area contributed by atoms with Crippen LogP contribution in [0.2, 0.25) is 5.15 Å². The van der Waals surface area contributed by atoms with Crippen molar-refractivity contribution in [1.82, 2.24) is 9.97 Å². The van der Waals surface area contributed by atoms with Crippen molar-refractivity contribution in [2.75, 3.05) is 5.32 Å². The maximum Gasteiger partial charge on any atom is 0.217 e. The molecular formula is C14H13ClN4O2. The topological polar surface area (TPSA) is 91.8 Å². The fourth-order valence-electron chi connectivity index (χ4n) is 1.97. The number of ketones is 1. The molecule has 0 aliphatic carbocycles. The van der Waals surface area contributed by atoms with Crippen molar-refractivity contribution in [2.45, 2.75) is 27.2 Å². The van der Waals surface area contributed by atoms with Crippen LogP contribution < -0.4 is 5.32 Å². The minimum Gasteiger partial charge on any atom is -0.443 e. The molecule has 1 N–H and O–H groups in total. The Morgan fingerprint density at radius 1 is 1.52 bits per heavy atom. The van der Waals surface area contributed by atoms with Crippen LogP contribution in [0.15, 0.2) is 10.5 Å². The standard InChI is InChI=1S/C14H13ClN4O2/c1-4-11-17-10(15)5-12(18-11)19-14-9(6-16)13(7(2)20)8(3)21-14/h5H,4H2,1-3H3,(H,17,18,19). The molecule has 0 radical (unpaired) electrons. The van der Waals surface area contributed by atoms with Crippen LogP contribution in [-0.4, -0.2) is 15.8 Å². The SMILES string of the molecule is CCc1nc(Cl)cc(Nc2oc(C)c(C(C)=O)c2C#N)n1. The Morgan fingerprint density at radius 2 is 2.24 bits per heavy atom. The second-order valence-corrected chi connectivity index (χ2v) is 4.76. The monoisotopic (exact) mass is 304 g/mol. The van der Waals surface area contributed by atoms with Gasteiger partial charge in [-0.15, -0.1) is 0 Å². The van der Waals surface area contributed by atoms with Crippen molar-refractivity contribution in [2.24, 2.45) is 0 Å². The predicted octanol–water partition coefficient (Wildman–Crippen LogP) is 3.41. The van der Waals surface area contributed by atoms with Crippen molar-refractivity contribution in [1.29, 1.82) is 5.26 Å². The third-order valence-electron chi connectivity index (χ3n) is 2.85. The molecule has 2 aromatic rings. The van der Waals surface area contributed by atoms with Crippen molar-refractivity contribution in [3.63, 3.8) is 0 Å². The summed E-state index contributed by atoms with van der Waals surface area (Å²) in [6, 6.07) is 3.50. The van der Waals surface area contributed by atoms with Gasteiger partial charge in [0.2, 0.25) is 5.88 Å². The maximum absolute atomic E-state index is 11.6. The Hall–Kier alpha value is -2.39. The maximum atomic E-state index is 11.6. The second-order valence-electron chi connectivity index (χ2n) is 4.38. The van der Waals surface area contributed by atoms with Crippen LogP contribution in [0.5, 0.6) is 0 Å². The van der Waals surface area contributed by atoms with Gasteiger partial charge in [-0.2, -0.15) is 5.26 Å². The number of hydrogen-bond donors (Lipinski definition) is 1. The van der Waals surface area contributed by atoms with Crippen molar-refractivity contribution in [3.05, 3.63) is 33.9 Å². The first-order valence-electron chi connectivity index (χ1n) is 6.31. The fraction of sp³-hybridized carbons (Fsp3) is 0.286. The lowest BCUT2D eigenvalue weighted by atomic mass is 10.1. The van der Waals surface area contributed by atoms with E-state index >= 15 is 0 Å². The van der Waals surface area contributed by atoms with Crippen LogP contribution in [0.1, 0.15) is 41.4 Å². The van der Waals surface area contributed by atoms with E-state index in [2.05, 4.69) is 15.3 Å². The van der Waals surface area contributed by atoms with E-state index < -0.39 is 0 Å². The molecule has 2 aromatic heterocycles. The third kappa shape index (κ3) is 3.03. The zero-order valence-electron chi connectivity index (χ0n) is 11.8. The summed E-state index contributed by atoms with van der Waals surface area (Å²) in [6.45, 7) is 4.92. The number of aromatic nitrogens is 2. The largest absolute Gasteiger partial charge is 0.443 e. The van der Waals surface area contributed by atoms with Gasteiger partial charge < -0.3 is 9.73 Å². The molecule has 0 spiro atoms. The van der Waals surface area contributed by atoms with E-state index in [0.29, 0.717) is 23.8 Å². The van der Waals surface area contributed by atoms with E-state index in [0.717, 1.165) is 0 Å². The van der Waals surface area contributed by atoms with Gasteiger partial charge in [-0.25, -0.2) is 9.97 Å². The summed E-state index contributed by atoms with van der Waals surface area (Å²) in [4.78, 5) is 19.9. The summed E-state index contributed by atoms with van der Waals surface area (Å²) in [7, 11) is 0. The first-order chi connectivity index (χ1) is 9.96. The summed E-state index contributed by atoms with van der Waals surface area (Å²) in [6.07, 6.45) is 0.621. The molecule has 0 saturated heterocycles. The molecule has 0 aliphatic rings. The fourth-order valence-corrected chi connectivity index (χ4v) is 2.17. The van der Waals surface area contributed by atoms with E-state index in [1.165, 1.54) is 13.0 Å². The average molecular weight is 305 g/mol. The van der Waals surface area contributed by atoms with E-state index in [-0.39, 0.29) is 27.9 Å². The van der Waals surface area contributed by atoms with Gasteiger partial charge in [-0.1, -0.05) is 18.5 Å². The Balaban J connectivity index is 2.45. The van der Waals surface area contributed by atoms with Gasteiger partial charge in [0.05, 0.1) is 5.56 Å². The number of aryl methyl sites for hydroxylation is 2. The highest BCUT2D eigenvalue weighted by Gasteiger charge is 2.21. The molecule has 2 heterocycles. The molecule has 0 unspecified atom stereocenters. The summed E-state index contributed by atoms with van der Waals surface area (Å²) >= 11 is 5.91. The molecule has 0 fully saturated rings. The Kier molecular flexibility index (Phi) is 4.24. The number of rotatable bonds is 4. The van der Waals surface area contributed by atoms with Crippen LogP contribution in [0.25, 0.3) is 0 Å². The highest BCUT2D eigenvalue weighted by Crippen LogP contribution is 2.29. The Morgan fingerprint density at radius 3 is 2.81 bits per heavy atom. The molecule has 108 valence electrons. The molecular weight excluding hydrogens is 292 g/mol. The molecule has 0 amide bonds. The van der Waals surface area contributed by atoms with Crippen molar-refractivity contribution < 1.29 is 9.21 Å². The molecule has 21 heavy (non-hydrogen) atoms. The number of furan rings is 1. The lowest BCUT2D eigenvalue weighted by molar-refractivity contribution is 0.101. The summed E-state index contributed by atoms with van der Waals surface area (Å²) in [5.74, 6) is 1.32. The van der Waals surface area contributed by atoms with E-state index in [4.69, 9.17) is 16.0 Å². The van der Waals surface area contributed by atoms with Gasteiger partial charge in [0.15, 0.2) is 5.78 Å². The van der Waals surface area contributed by atoms with Crippen molar-refractivity contribution >= 4 is 29.1 Å². The number of halogens is 1. The minimum atomic E-state index is -0.226. The molecule has 7 heteroatoms. The van der Waals surface area contributed by atoms with E-state index in [1.54, 1.807) is 6.92 Å². The zero-order chi connectivity index (χ0) is 15.6. The third-order valence-corrected chi connectivity index (χ3v) is 3.04. The molecule has 2 rings (SSSR count). The highest BCUT2D eigenvalue weighted by molar-refractivity contribution is 6.29. The van der Waals surface area contributed by atoms with Crippen LogP contribution in [0, 0.1) is 18.3 Å². The first-order valence-corrected chi connectivity index (χ1v) is 6.69. The molecule has 0 aliphatic heterocycles. The average Bonchev–Trinajstić information content (AvgIpc) is 2.73. The quantitative estimate of drug-likeness (QED) is 0.687. The summed E-state index contributed by atoms with van der Waals surface area (Å²) in [5, 5.41) is 12.4. The smallest absolute Gasteiger partial charge is 0.217 e. The van der Waals surface area contributed by atoms with Gasteiger partial charge >= 0.3 is 0 Å². The van der Waals surface area contributed by atoms with Gasteiger partial charge in [0.25, 0.3) is 0 Å². The number of carbonyl (C=O) groups is 1. The van der Waals surface area contributed by atoms with Crippen LogP contribution in [0.4, 0.5) is 11.7 Å². The number of nitrogens with zero attached hydrogens (tertiary/aromatic N) is 3. The Bertz CT molecular complexity index is 746. The highest BCUT2D eigenvalue weighted by atomic mass is 35.5. The van der Waals surface area contributed by atoms with Crippen LogP contribution in [0.3, 0.4) is 0 Å². The first kappa shape index (κ1) is 15.0. The van der Waals surface area contributed by atoms with Gasteiger partial charge in [-0.3, -0.25) is 4.79 Å². The lowest BCUT2D eigenvalue weighted by Gasteiger charge is -2.05.